The van der Waals surface area contributed by atoms with Gasteiger partial charge in [0.25, 0.3) is 0 Å². The van der Waals surface area contributed by atoms with Gasteiger partial charge < -0.3 is 0 Å². The maximum Gasteiger partial charge on any atom is 0.232 e. The maximum atomic E-state index is 11.3. The van der Waals surface area contributed by atoms with E-state index in [1.165, 1.54) is 24.8 Å². The van der Waals surface area contributed by atoms with Gasteiger partial charge >= 0.3 is 0 Å². The average molecular weight is 328 g/mol. The molecule has 0 N–H and O–H groups in total. The third-order valence-electron chi connectivity index (χ3n) is 4.87. The van der Waals surface area contributed by atoms with Crippen molar-refractivity contribution < 1.29 is 8.42 Å². The van der Waals surface area contributed by atoms with Crippen LogP contribution in [0.3, 0.4) is 0 Å². The van der Waals surface area contributed by atoms with Crippen LogP contribution >= 0.6 is 10.7 Å². The zero-order chi connectivity index (χ0) is 14.9. The lowest BCUT2D eigenvalue weighted by Gasteiger charge is -2.49. The molecule has 2 atom stereocenters. The van der Waals surface area contributed by atoms with Gasteiger partial charge in [-0.25, -0.2) is 8.42 Å². The van der Waals surface area contributed by atoms with Crippen LogP contribution in [-0.4, -0.2) is 31.2 Å². The molecule has 1 aromatic rings. The van der Waals surface area contributed by atoms with Crippen molar-refractivity contribution in [2.45, 2.75) is 50.7 Å². The van der Waals surface area contributed by atoms with Crippen molar-refractivity contribution in [2.75, 3.05) is 5.75 Å². The minimum Gasteiger partial charge on any atom is -0.293 e. The molecule has 2 fully saturated rings. The number of benzene rings is 1. The molecule has 0 spiro atoms. The number of hydrogen-bond donors (Lipinski definition) is 0. The van der Waals surface area contributed by atoms with E-state index in [-0.39, 0.29) is 11.7 Å². The molecule has 21 heavy (non-hydrogen) atoms. The SMILES string of the molecule is O=S(=O)(Cl)CC1CC2CCCC(C1)N2Cc1ccccc1. The fraction of sp³-hybridized carbons (Fsp3) is 0.625. The second-order valence-electron chi connectivity index (χ2n) is 6.44. The molecular formula is C16H22ClNO2S. The predicted octanol–water partition coefficient (Wildman–Crippen LogP) is 3.39. The summed E-state index contributed by atoms with van der Waals surface area (Å²) in [4.78, 5) is 2.59. The second-order valence-corrected chi connectivity index (χ2v) is 9.26. The second kappa shape index (κ2) is 6.27. The number of piperidine rings is 2. The minimum atomic E-state index is -3.38. The Labute approximate surface area is 131 Å². The van der Waals surface area contributed by atoms with Crippen molar-refractivity contribution in [3.05, 3.63) is 35.9 Å². The van der Waals surface area contributed by atoms with Crippen molar-refractivity contribution in [1.82, 2.24) is 4.90 Å². The third kappa shape index (κ3) is 3.99. The Morgan fingerprint density at radius 2 is 1.71 bits per heavy atom. The van der Waals surface area contributed by atoms with Crippen molar-refractivity contribution in [1.29, 1.82) is 0 Å². The van der Waals surface area contributed by atoms with Crippen LogP contribution in [-0.2, 0) is 15.6 Å². The fourth-order valence-corrected chi connectivity index (χ4v) is 5.43. The Bertz CT molecular complexity index is 561. The van der Waals surface area contributed by atoms with E-state index in [9.17, 15) is 8.42 Å². The van der Waals surface area contributed by atoms with E-state index < -0.39 is 9.05 Å². The van der Waals surface area contributed by atoms with E-state index in [1.54, 1.807) is 0 Å². The monoisotopic (exact) mass is 327 g/mol. The van der Waals surface area contributed by atoms with Crippen molar-refractivity contribution >= 4 is 19.7 Å². The summed E-state index contributed by atoms with van der Waals surface area (Å²) in [6.45, 7) is 0.983. The lowest BCUT2D eigenvalue weighted by molar-refractivity contribution is 0.0118. The standard InChI is InChI=1S/C16H22ClNO2S/c17-21(19,20)12-14-9-15-7-4-8-16(10-14)18(15)11-13-5-2-1-3-6-13/h1-3,5-6,14-16H,4,7-12H2. The Kier molecular flexibility index (Phi) is 4.57. The molecule has 0 aliphatic carbocycles. The Morgan fingerprint density at radius 3 is 2.29 bits per heavy atom. The molecule has 0 aromatic heterocycles. The van der Waals surface area contributed by atoms with Gasteiger partial charge in [0.2, 0.25) is 9.05 Å². The molecule has 2 saturated heterocycles. The summed E-state index contributed by atoms with van der Waals surface area (Å²) in [5.41, 5.74) is 1.35. The van der Waals surface area contributed by atoms with E-state index in [0.29, 0.717) is 12.1 Å². The largest absolute Gasteiger partial charge is 0.293 e. The van der Waals surface area contributed by atoms with Crippen LogP contribution in [0.1, 0.15) is 37.7 Å². The van der Waals surface area contributed by atoms with Crippen molar-refractivity contribution in [3.8, 4) is 0 Å². The van der Waals surface area contributed by atoms with E-state index in [0.717, 1.165) is 19.4 Å². The van der Waals surface area contributed by atoms with Gasteiger partial charge in [-0.3, -0.25) is 4.90 Å². The first-order chi connectivity index (χ1) is 10.0. The zero-order valence-corrected chi connectivity index (χ0v) is 13.7. The molecule has 1 aromatic carbocycles. The van der Waals surface area contributed by atoms with Crippen LogP contribution < -0.4 is 0 Å². The molecule has 0 saturated carbocycles. The summed E-state index contributed by atoms with van der Waals surface area (Å²) in [5.74, 6) is 0.371. The molecule has 2 heterocycles. The van der Waals surface area contributed by atoms with Gasteiger partial charge in [-0.2, -0.15) is 0 Å². The minimum absolute atomic E-state index is 0.140. The first-order valence-corrected chi connectivity index (χ1v) is 10.2. The van der Waals surface area contributed by atoms with Gasteiger partial charge in [-0.1, -0.05) is 36.8 Å². The van der Waals surface area contributed by atoms with Crippen LogP contribution in [0, 0.1) is 5.92 Å². The number of nitrogens with zero attached hydrogens (tertiary/aromatic N) is 1. The van der Waals surface area contributed by atoms with Gasteiger partial charge in [0.05, 0.1) is 5.75 Å². The molecule has 3 nitrogen and oxygen atoms in total. The highest BCUT2D eigenvalue weighted by atomic mass is 35.7. The summed E-state index contributed by atoms with van der Waals surface area (Å²) in [6.07, 6.45) is 5.57. The molecule has 2 bridgehead atoms. The Morgan fingerprint density at radius 1 is 1.10 bits per heavy atom. The third-order valence-corrected chi connectivity index (χ3v) is 6.11. The van der Waals surface area contributed by atoms with Crippen LogP contribution in [0.25, 0.3) is 0 Å². The Hall–Kier alpha value is -0.580. The molecule has 0 amide bonds. The lowest BCUT2D eigenvalue weighted by Crippen LogP contribution is -2.52. The highest BCUT2D eigenvalue weighted by molar-refractivity contribution is 8.13. The van der Waals surface area contributed by atoms with E-state index >= 15 is 0 Å². The topological polar surface area (TPSA) is 37.4 Å². The number of halogens is 1. The first-order valence-electron chi connectivity index (χ1n) is 7.73. The number of rotatable bonds is 4. The highest BCUT2D eigenvalue weighted by Gasteiger charge is 2.39. The number of hydrogen-bond acceptors (Lipinski definition) is 3. The van der Waals surface area contributed by atoms with Gasteiger partial charge in [0.1, 0.15) is 0 Å². The predicted molar refractivity (Wildman–Crippen MR) is 85.8 cm³/mol. The van der Waals surface area contributed by atoms with E-state index in [1.807, 2.05) is 6.07 Å². The van der Waals surface area contributed by atoms with Crippen LogP contribution in [0.15, 0.2) is 30.3 Å². The molecule has 5 heteroatoms. The molecule has 2 unspecified atom stereocenters. The molecule has 3 rings (SSSR count). The molecule has 116 valence electrons. The smallest absolute Gasteiger partial charge is 0.232 e. The Balaban J connectivity index is 1.70. The van der Waals surface area contributed by atoms with Gasteiger partial charge in [0.15, 0.2) is 0 Å². The molecule has 2 aliphatic heterocycles. The summed E-state index contributed by atoms with van der Waals surface area (Å²) < 4.78 is 22.7. The summed E-state index contributed by atoms with van der Waals surface area (Å²) in [7, 11) is 2.07. The van der Waals surface area contributed by atoms with Gasteiger partial charge in [-0.05, 0) is 37.2 Å². The summed E-state index contributed by atoms with van der Waals surface area (Å²) in [6, 6.07) is 11.6. The lowest BCUT2D eigenvalue weighted by atomic mass is 9.79. The highest BCUT2D eigenvalue weighted by Crippen LogP contribution is 2.38. The first kappa shape index (κ1) is 15.3. The molecule has 2 aliphatic rings. The molecular weight excluding hydrogens is 306 g/mol. The summed E-state index contributed by atoms with van der Waals surface area (Å²) >= 11 is 0. The normalized spacial score (nSPS) is 30.2. The van der Waals surface area contributed by atoms with Crippen LogP contribution in [0.2, 0.25) is 0 Å². The van der Waals surface area contributed by atoms with Crippen LogP contribution in [0.5, 0.6) is 0 Å². The van der Waals surface area contributed by atoms with Crippen LogP contribution in [0.4, 0.5) is 0 Å². The number of fused-ring (bicyclic) bond motifs is 2. The van der Waals surface area contributed by atoms with Crippen molar-refractivity contribution in [3.63, 3.8) is 0 Å². The average Bonchev–Trinajstić information content (AvgIpc) is 2.39. The molecule has 0 radical (unpaired) electrons. The summed E-state index contributed by atoms with van der Waals surface area (Å²) in [5, 5.41) is 0. The van der Waals surface area contributed by atoms with E-state index in [4.69, 9.17) is 10.7 Å². The fourth-order valence-electron chi connectivity index (χ4n) is 4.06. The zero-order valence-electron chi connectivity index (χ0n) is 12.1. The van der Waals surface area contributed by atoms with Gasteiger partial charge in [-0.15, -0.1) is 0 Å². The quantitative estimate of drug-likeness (QED) is 0.795. The van der Waals surface area contributed by atoms with E-state index in [2.05, 4.69) is 29.2 Å². The van der Waals surface area contributed by atoms with Crippen molar-refractivity contribution in [2.24, 2.45) is 5.92 Å². The van der Waals surface area contributed by atoms with Gasteiger partial charge in [0, 0.05) is 29.3 Å². The maximum absolute atomic E-state index is 11.3.